The Morgan fingerprint density at radius 2 is 1.07 bits per heavy atom. The topological polar surface area (TPSA) is 46.0 Å². The molecule has 0 spiro atoms. The van der Waals surface area contributed by atoms with Gasteiger partial charge in [0.1, 0.15) is 5.75 Å². The zero-order valence-corrected chi connectivity index (χ0v) is 39.4. The third kappa shape index (κ3) is 9.91. The molecule has 0 saturated carbocycles. The van der Waals surface area contributed by atoms with Gasteiger partial charge in [0, 0.05) is 55.2 Å². The van der Waals surface area contributed by atoms with Gasteiger partial charge in [-0.05, 0) is 74.2 Å². The number of phenolic OH excluding ortho intramolecular Hbond substituents is 1. The summed E-state index contributed by atoms with van der Waals surface area (Å²) in [5, 5.41) is 12.0. The largest absolute Gasteiger partial charge is 0.507 e. The van der Waals surface area contributed by atoms with Gasteiger partial charge in [0.25, 0.3) is 0 Å². The Morgan fingerprint density at radius 3 is 1.67 bits per heavy atom. The number of nitrogens with zero attached hydrogens (tertiary/aromatic N) is 2. The zero-order chi connectivity index (χ0) is 42.3. The summed E-state index contributed by atoms with van der Waals surface area (Å²) >= 11 is 0. The molecule has 7 rings (SSSR count). The Hall–Kier alpha value is -5.11. The average Bonchev–Trinajstić information content (AvgIpc) is 3.20. The van der Waals surface area contributed by atoms with E-state index in [0.717, 1.165) is 73.6 Å². The van der Waals surface area contributed by atoms with E-state index in [1.807, 2.05) is 12.3 Å². The van der Waals surface area contributed by atoms with E-state index in [-0.39, 0.29) is 48.5 Å². The van der Waals surface area contributed by atoms with Gasteiger partial charge < -0.3 is 5.11 Å². The molecule has 1 N–H and O–H groups in total. The molecule has 60 heavy (non-hydrogen) atoms. The monoisotopic (exact) mass is 970 g/mol. The predicted molar refractivity (Wildman–Crippen MR) is 249 cm³/mol. The van der Waals surface area contributed by atoms with Crippen molar-refractivity contribution in [3.8, 4) is 61.8 Å². The molecule has 0 atom stereocenters. The van der Waals surface area contributed by atoms with Gasteiger partial charge in [-0.25, -0.2) is 0 Å². The summed E-state index contributed by atoms with van der Waals surface area (Å²) in [6.07, 6.45) is 2.74. The normalized spacial score (nSPS) is 12.2. The van der Waals surface area contributed by atoms with Crippen LogP contribution in [0.15, 0.2) is 140 Å². The van der Waals surface area contributed by atoms with Crippen molar-refractivity contribution in [1.29, 1.82) is 0 Å². The minimum Gasteiger partial charge on any atom is -0.507 e. The Morgan fingerprint density at radius 1 is 0.500 bits per heavy atom. The molecular weight excluding hydrogens is 912 g/mol. The van der Waals surface area contributed by atoms with Crippen molar-refractivity contribution in [3.05, 3.63) is 174 Å². The summed E-state index contributed by atoms with van der Waals surface area (Å²) in [5.74, 6) is 0.289. The summed E-state index contributed by atoms with van der Waals surface area (Å²) in [6.45, 7) is 24.5. The second kappa shape index (κ2) is 17.1. The fraction of sp³-hybridized carbons (Fsp3) is 0.286. The van der Waals surface area contributed by atoms with Crippen molar-refractivity contribution < 1.29 is 26.2 Å². The molecule has 0 unspecified atom stereocenters. The maximum absolute atomic E-state index is 12.0. The number of phenols is 1. The number of pyridine rings is 2. The van der Waals surface area contributed by atoms with Crippen LogP contribution in [0.3, 0.4) is 0 Å². The smallest absolute Gasteiger partial charge is 0.128 e. The van der Waals surface area contributed by atoms with Crippen molar-refractivity contribution in [3.63, 3.8) is 0 Å². The fourth-order valence-corrected chi connectivity index (χ4v) is 7.91. The molecule has 310 valence electrons. The third-order valence-electron chi connectivity index (χ3n) is 11.4. The van der Waals surface area contributed by atoms with Crippen LogP contribution in [0.2, 0.25) is 0 Å². The van der Waals surface area contributed by atoms with Crippen LogP contribution in [-0.2, 0) is 43.7 Å². The zero-order valence-electron chi connectivity index (χ0n) is 37.1. The van der Waals surface area contributed by atoms with E-state index in [1.165, 1.54) is 16.7 Å². The van der Waals surface area contributed by atoms with E-state index in [4.69, 9.17) is 9.97 Å². The van der Waals surface area contributed by atoms with Gasteiger partial charge in [0.2, 0.25) is 0 Å². The number of aromatic hydroxyl groups is 1. The van der Waals surface area contributed by atoms with E-state index in [2.05, 4.69) is 210 Å². The van der Waals surface area contributed by atoms with Crippen LogP contribution in [-0.4, -0.2) is 15.1 Å². The number of aromatic nitrogens is 2. The van der Waals surface area contributed by atoms with E-state index in [9.17, 15) is 5.11 Å². The SMILES string of the molecule is CC(C)(C)Cc1cc(-c2[c-]c(-c3cc(-c4ccc(C(C)(C)c5ccccc5)cc4)ccn3)cc(-c3ccccc3)c2)nc(-c2cc(C(C)(C)C)cc(C(C)(C)C)c2O)c1.[Pt]. The Bertz CT molecular complexity index is 2590. The molecule has 0 radical (unpaired) electrons. The maximum atomic E-state index is 12.0. The molecule has 0 saturated heterocycles. The van der Waals surface area contributed by atoms with Crippen LogP contribution in [0.1, 0.15) is 104 Å². The molecule has 0 fully saturated rings. The summed E-state index contributed by atoms with van der Waals surface area (Å²) in [6, 6.07) is 51.2. The Balaban J connectivity index is 0.00000604. The van der Waals surface area contributed by atoms with E-state index in [1.54, 1.807) is 0 Å². The van der Waals surface area contributed by atoms with Crippen molar-refractivity contribution in [1.82, 2.24) is 9.97 Å². The van der Waals surface area contributed by atoms with Gasteiger partial charge in [0.05, 0.1) is 5.69 Å². The molecule has 2 aromatic heterocycles. The average molecular weight is 971 g/mol. The van der Waals surface area contributed by atoms with Crippen LogP contribution in [0.25, 0.3) is 56.0 Å². The predicted octanol–water partition coefficient (Wildman–Crippen LogP) is 14.8. The van der Waals surface area contributed by atoms with E-state index in [0.29, 0.717) is 0 Å². The van der Waals surface area contributed by atoms with Crippen molar-refractivity contribution in [2.24, 2.45) is 5.41 Å². The molecule has 7 aromatic rings. The number of hydrogen-bond acceptors (Lipinski definition) is 3. The van der Waals surface area contributed by atoms with Crippen molar-refractivity contribution in [2.75, 3.05) is 0 Å². The van der Waals surface area contributed by atoms with Crippen LogP contribution in [0.4, 0.5) is 0 Å². The van der Waals surface area contributed by atoms with Crippen molar-refractivity contribution in [2.45, 2.75) is 98.8 Å². The third-order valence-corrected chi connectivity index (χ3v) is 11.4. The standard InChI is InChI=1S/C56H59N2O.Pt/c1-53(2,3)36-37-28-50(58-51(29-37)47-34-46(54(4,5)6)35-48(52(47)59)55(7,8)9)43-31-41(38-18-14-12-15-19-38)30-42(32-43)49-33-40(26-27-57-49)39-22-24-45(25-23-39)56(10,11)44-20-16-13-17-21-44;/h12-31,33-35,59H,36H2,1-11H3;/q-1;. The molecule has 3 nitrogen and oxygen atoms in total. The maximum Gasteiger partial charge on any atom is 0.128 e. The van der Waals surface area contributed by atoms with Gasteiger partial charge in [-0.2, -0.15) is 0 Å². The first kappa shape index (κ1) is 44.4. The second-order valence-electron chi connectivity index (χ2n) is 20.0. The fourth-order valence-electron chi connectivity index (χ4n) is 7.91. The van der Waals surface area contributed by atoms with E-state index >= 15 is 0 Å². The minimum atomic E-state index is -0.263. The number of benzene rings is 5. The second-order valence-corrected chi connectivity index (χ2v) is 20.0. The van der Waals surface area contributed by atoms with Crippen LogP contribution < -0.4 is 0 Å². The molecule has 2 heterocycles. The molecule has 0 bridgehead atoms. The Labute approximate surface area is 373 Å². The van der Waals surface area contributed by atoms with Gasteiger partial charge in [0.15, 0.2) is 0 Å². The van der Waals surface area contributed by atoms with Gasteiger partial charge in [-0.1, -0.05) is 202 Å². The number of rotatable bonds is 8. The summed E-state index contributed by atoms with van der Waals surface area (Å²) in [5.41, 5.74) is 14.7. The van der Waals surface area contributed by atoms with Crippen LogP contribution >= 0.6 is 0 Å². The molecule has 4 heteroatoms. The first-order valence-corrected chi connectivity index (χ1v) is 20.9. The summed E-state index contributed by atoms with van der Waals surface area (Å²) in [4.78, 5) is 10.3. The van der Waals surface area contributed by atoms with Gasteiger partial charge >= 0.3 is 0 Å². The molecule has 0 amide bonds. The molecular formula is C56H59N2OPt-. The quantitative estimate of drug-likeness (QED) is 0.154. The van der Waals surface area contributed by atoms with Gasteiger partial charge in [-0.3, -0.25) is 9.97 Å². The molecule has 0 aliphatic rings. The molecule has 0 aliphatic heterocycles. The Kier molecular flexibility index (Phi) is 12.7. The summed E-state index contributed by atoms with van der Waals surface area (Å²) < 4.78 is 0. The van der Waals surface area contributed by atoms with Gasteiger partial charge in [-0.15, -0.1) is 18.2 Å². The van der Waals surface area contributed by atoms with Crippen LogP contribution in [0.5, 0.6) is 5.75 Å². The first-order valence-electron chi connectivity index (χ1n) is 20.9. The summed E-state index contributed by atoms with van der Waals surface area (Å²) in [7, 11) is 0. The molecule has 0 aliphatic carbocycles. The number of hydrogen-bond donors (Lipinski definition) is 1. The first-order chi connectivity index (χ1) is 27.8. The minimum absolute atomic E-state index is 0. The van der Waals surface area contributed by atoms with Crippen LogP contribution in [0, 0.1) is 11.5 Å². The van der Waals surface area contributed by atoms with Crippen molar-refractivity contribution >= 4 is 0 Å². The van der Waals surface area contributed by atoms with E-state index < -0.39 is 0 Å². The molecule has 5 aromatic carbocycles.